The first-order valence-corrected chi connectivity index (χ1v) is 13.9. The lowest BCUT2D eigenvalue weighted by Crippen LogP contribution is -2.24. The highest BCUT2D eigenvalue weighted by atomic mass is 16.7. The molecule has 0 spiro atoms. The quantitative estimate of drug-likeness (QED) is 0.113. The Morgan fingerprint density at radius 2 is 1.49 bits per heavy atom. The van der Waals surface area contributed by atoms with E-state index in [-0.39, 0.29) is 50.2 Å². The fourth-order valence-electron chi connectivity index (χ4n) is 4.22. The Morgan fingerprint density at radius 3 is 2.20 bits per heavy atom. The smallest absolute Gasteiger partial charge is 0.333 e. The molecule has 3 aromatic heterocycles. The Morgan fingerprint density at radius 1 is 0.844 bits per heavy atom. The number of nitrogens with two attached hydrogens (primary N) is 1. The lowest BCUT2D eigenvalue weighted by Gasteiger charge is -2.09. The van der Waals surface area contributed by atoms with Gasteiger partial charge in [-0.3, -0.25) is 9.59 Å². The minimum absolute atomic E-state index is 0.0716. The molecule has 3 heterocycles. The van der Waals surface area contributed by atoms with Crippen molar-refractivity contribution < 1.29 is 34.2 Å². The van der Waals surface area contributed by atoms with Gasteiger partial charge in [0.15, 0.2) is 5.65 Å². The number of H-pyrrole nitrogens is 1. The predicted molar refractivity (Wildman–Crippen MR) is 160 cm³/mol. The Hall–Kier alpha value is -6.12. The van der Waals surface area contributed by atoms with Gasteiger partial charge >= 0.3 is 5.97 Å². The molecule has 0 aliphatic rings. The molecule has 0 fully saturated rings. The van der Waals surface area contributed by atoms with Gasteiger partial charge in [0.1, 0.15) is 12.1 Å². The maximum absolute atomic E-state index is 12.6. The molecule has 15 heteroatoms. The van der Waals surface area contributed by atoms with Crippen LogP contribution >= 0.6 is 0 Å². The molecule has 232 valence electrons. The molecule has 0 radical (unpaired) electrons. The summed E-state index contributed by atoms with van der Waals surface area (Å²) >= 11 is 0. The monoisotopic (exact) mass is 614 g/mol. The number of hydrogen-bond donors (Lipinski definition) is 6. The van der Waals surface area contributed by atoms with E-state index in [1.165, 1.54) is 18.5 Å². The zero-order valence-corrected chi connectivity index (χ0v) is 23.9. The first-order chi connectivity index (χ1) is 21.7. The van der Waals surface area contributed by atoms with Gasteiger partial charge in [0.2, 0.25) is 29.5 Å². The standard InChI is InChI=1S/C30H30N8O7/c31-30-36-27-26(34-17-35-27)29(37-30)44-16-20-6-4-18(5-7-20)15-33-28(43)21-10-8-19(9-11-21)14-32-22(39)2-1-3-25(42)45-38-23(40)12-13-24(38)41/h4-13,17,40-41H,1-3,14-16H2,(H,32,39)(H,33,43)(H3,31,34,35,36,37). The molecule has 45 heavy (non-hydrogen) atoms. The summed E-state index contributed by atoms with van der Waals surface area (Å²) in [6.45, 7) is 0.839. The number of nitrogens with zero attached hydrogens (tertiary/aromatic N) is 4. The molecule has 2 amide bonds. The summed E-state index contributed by atoms with van der Waals surface area (Å²) in [6, 6.07) is 16.8. The number of aromatic nitrogens is 5. The highest BCUT2D eigenvalue weighted by Crippen LogP contribution is 2.21. The van der Waals surface area contributed by atoms with Gasteiger partial charge in [-0.15, -0.1) is 4.73 Å². The summed E-state index contributed by atoms with van der Waals surface area (Å²) < 4.78 is 6.40. The van der Waals surface area contributed by atoms with Crippen molar-refractivity contribution >= 4 is 34.9 Å². The van der Waals surface area contributed by atoms with Crippen molar-refractivity contribution in [1.29, 1.82) is 0 Å². The molecule has 15 nitrogen and oxygen atoms in total. The van der Waals surface area contributed by atoms with E-state index in [1.807, 2.05) is 24.3 Å². The summed E-state index contributed by atoms with van der Waals surface area (Å²) in [5.74, 6) is -1.66. The first kappa shape index (κ1) is 30.3. The molecule has 0 aliphatic carbocycles. The number of hydrogen-bond acceptors (Lipinski definition) is 11. The number of carbonyl (C=O) groups is 3. The number of aromatic hydroxyl groups is 2. The average molecular weight is 615 g/mol. The molecule has 0 unspecified atom stereocenters. The Bertz CT molecular complexity index is 1780. The summed E-state index contributed by atoms with van der Waals surface area (Å²) in [5, 5.41) is 24.6. The normalized spacial score (nSPS) is 10.8. The van der Waals surface area contributed by atoms with Crippen molar-refractivity contribution in [3.8, 4) is 17.6 Å². The topological polar surface area (TPSA) is 220 Å². The van der Waals surface area contributed by atoms with Crippen LogP contribution < -0.4 is 25.9 Å². The number of nitrogen functional groups attached to an aromatic ring is 1. The van der Waals surface area contributed by atoms with Crippen LogP contribution in [0.5, 0.6) is 17.6 Å². The molecule has 0 bridgehead atoms. The summed E-state index contributed by atoms with van der Waals surface area (Å²) in [5.41, 5.74) is 9.79. The van der Waals surface area contributed by atoms with Crippen LogP contribution in [0.4, 0.5) is 5.95 Å². The number of ether oxygens (including phenoxy) is 1. The van der Waals surface area contributed by atoms with Crippen molar-refractivity contribution in [2.75, 3.05) is 5.73 Å². The SMILES string of the molecule is Nc1nc(OCc2ccc(CNC(=O)c3ccc(CNC(=O)CCCC(=O)On4c(O)ccc4O)cc3)cc2)c2[nH]cnc2n1. The number of aromatic amines is 1. The fraction of sp³-hybridized carbons (Fsp3) is 0.200. The van der Waals surface area contributed by atoms with Gasteiger partial charge < -0.3 is 41.1 Å². The van der Waals surface area contributed by atoms with Crippen LogP contribution in [0.3, 0.4) is 0 Å². The van der Waals surface area contributed by atoms with Gasteiger partial charge in [0.25, 0.3) is 5.91 Å². The first-order valence-electron chi connectivity index (χ1n) is 13.9. The minimum atomic E-state index is -0.706. The summed E-state index contributed by atoms with van der Waals surface area (Å²) in [4.78, 5) is 56.7. The number of imidazole rings is 1. The highest BCUT2D eigenvalue weighted by molar-refractivity contribution is 5.94. The largest absolute Gasteiger partial charge is 0.492 e. The summed E-state index contributed by atoms with van der Waals surface area (Å²) in [7, 11) is 0. The van der Waals surface area contributed by atoms with Crippen LogP contribution in [-0.2, 0) is 29.3 Å². The number of benzene rings is 2. The molecule has 7 N–H and O–H groups in total. The molecule has 5 aromatic rings. The summed E-state index contributed by atoms with van der Waals surface area (Å²) in [6.07, 6.45) is 1.71. The number of anilines is 1. The maximum Gasteiger partial charge on any atom is 0.333 e. The highest BCUT2D eigenvalue weighted by Gasteiger charge is 2.14. The molecule has 0 aliphatic heterocycles. The number of nitrogens with one attached hydrogen (secondary N) is 3. The molecular formula is C30H30N8O7. The van der Waals surface area contributed by atoms with Crippen molar-refractivity contribution in [3.05, 3.63) is 89.2 Å². The molecule has 0 atom stereocenters. The van der Waals surface area contributed by atoms with E-state index in [2.05, 4.69) is 30.6 Å². The number of rotatable bonds is 13. The second-order valence-corrected chi connectivity index (χ2v) is 9.91. The zero-order chi connectivity index (χ0) is 31.8. The van der Waals surface area contributed by atoms with Gasteiger partial charge in [0, 0.05) is 43.6 Å². The molecule has 0 saturated carbocycles. The van der Waals surface area contributed by atoms with Crippen LogP contribution in [0.15, 0.2) is 67.0 Å². The van der Waals surface area contributed by atoms with Crippen LogP contribution in [0, 0.1) is 0 Å². The van der Waals surface area contributed by atoms with Gasteiger partial charge in [-0.1, -0.05) is 36.4 Å². The van der Waals surface area contributed by atoms with E-state index in [0.717, 1.165) is 16.7 Å². The van der Waals surface area contributed by atoms with Crippen molar-refractivity contribution in [2.45, 2.75) is 39.0 Å². The number of amides is 2. The van der Waals surface area contributed by atoms with E-state index in [0.29, 0.717) is 33.9 Å². The second-order valence-electron chi connectivity index (χ2n) is 9.91. The average Bonchev–Trinajstić information content (AvgIpc) is 3.64. The fourth-order valence-corrected chi connectivity index (χ4v) is 4.22. The Balaban J connectivity index is 1.00. The van der Waals surface area contributed by atoms with Crippen LogP contribution in [0.1, 0.15) is 46.3 Å². The molecule has 5 rings (SSSR count). The van der Waals surface area contributed by atoms with Gasteiger partial charge in [-0.2, -0.15) is 9.97 Å². The van der Waals surface area contributed by atoms with E-state index in [1.54, 1.807) is 24.3 Å². The van der Waals surface area contributed by atoms with Gasteiger partial charge in [-0.05, 0) is 35.2 Å². The van der Waals surface area contributed by atoms with Crippen molar-refractivity contribution in [3.63, 3.8) is 0 Å². The molecular weight excluding hydrogens is 584 g/mol. The molecule has 2 aromatic carbocycles. The zero-order valence-electron chi connectivity index (χ0n) is 23.9. The van der Waals surface area contributed by atoms with Crippen molar-refractivity contribution in [2.24, 2.45) is 0 Å². The van der Waals surface area contributed by atoms with Crippen LogP contribution in [0.2, 0.25) is 0 Å². The third-order valence-electron chi connectivity index (χ3n) is 6.60. The maximum atomic E-state index is 12.6. The number of carbonyl (C=O) groups excluding carboxylic acids is 3. The minimum Gasteiger partial charge on any atom is -0.492 e. The third-order valence-corrected chi connectivity index (χ3v) is 6.60. The third kappa shape index (κ3) is 8.04. The predicted octanol–water partition coefficient (Wildman–Crippen LogP) is 2.10. The van der Waals surface area contributed by atoms with E-state index in [9.17, 15) is 24.6 Å². The Kier molecular flexibility index (Phi) is 9.37. The second kappa shape index (κ2) is 13.9. The van der Waals surface area contributed by atoms with Gasteiger partial charge in [0.05, 0.1) is 6.33 Å². The van der Waals surface area contributed by atoms with Crippen LogP contribution in [0.25, 0.3) is 11.2 Å². The molecule has 0 saturated heterocycles. The lowest BCUT2D eigenvalue weighted by molar-refractivity contribution is -0.145. The van der Waals surface area contributed by atoms with Crippen molar-refractivity contribution in [1.82, 2.24) is 35.3 Å². The lowest BCUT2D eigenvalue weighted by atomic mass is 10.1. The van der Waals surface area contributed by atoms with E-state index in [4.69, 9.17) is 15.3 Å². The van der Waals surface area contributed by atoms with Crippen LogP contribution in [-0.4, -0.2) is 52.7 Å². The Labute approximate surface area is 256 Å². The van der Waals surface area contributed by atoms with Gasteiger partial charge in [-0.25, -0.2) is 9.78 Å². The van der Waals surface area contributed by atoms with E-state index >= 15 is 0 Å². The number of fused-ring (bicyclic) bond motifs is 1. The van der Waals surface area contributed by atoms with E-state index < -0.39 is 17.7 Å².